The van der Waals surface area contributed by atoms with Gasteiger partial charge in [0.1, 0.15) is 11.2 Å². The van der Waals surface area contributed by atoms with Gasteiger partial charge >= 0.3 is 36.1 Å². The molecule has 392 valence electrons. The molecule has 0 radical (unpaired) electrons. The normalized spacial score (nSPS) is 10.8. The van der Waals surface area contributed by atoms with Gasteiger partial charge in [-0.1, -0.05) is 110 Å². The number of hydrogen-bond donors (Lipinski definition) is 1. The van der Waals surface area contributed by atoms with Gasteiger partial charge < -0.3 is 38.6 Å². The van der Waals surface area contributed by atoms with Crippen LogP contribution in [0.2, 0.25) is 0 Å². The summed E-state index contributed by atoms with van der Waals surface area (Å²) in [5, 5.41) is 2.72. The lowest BCUT2D eigenvalue weighted by Gasteiger charge is -2.27. The van der Waals surface area contributed by atoms with Crippen LogP contribution in [-0.2, 0) is 71.4 Å². The summed E-state index contributed by atoms with van der Waals surface area (Å²) in [5.41, 5.74) is 3.82. The fourth-order valence-corrected chi connectivity index (χ4v) is 7.08. The van der Waals surface area contributed by atoms with Crippen molar-refractivity contribution in [2.24, 2.45) is 0 Å². The Morgan fingerprint density at radius 2 is 0.957 bits per heavy atom. The van der Waals surface area contributed by atoms with Crippen LogP contribution >= 0.6 is 22.6 Å². The number of aryl methyl sites for hydroxylation is 2. The highest BCUT2D eigenvalue weighted by atomic mass is 127. The molecule has 2 rings (SSSR count). The average Bonchev–Trinajstić information content (AvgIpc) is 3.28. The van der Waals surface area contributed by atoms with E-state index in [0.29, 0.717) is 58.5 Å². The number of carbonyl (C=O) groups is 6. The molecule has 2 aromatic rings. The first-order valence-electron chi connectivity index (χ1n) is 24.9. The predicted octanol–water partition coefficient (Wildman–Crippen LogP) is 12.4. The highest BCUT2D eigenvalue weighted by molar-refractivity contribution is 14.1. The minimum Gasteiger partial charge on any atom is -0.469 e. The van der Waals surface area contributed by atoms with Gasteiger partial charge in [-0.2, -0.15) is 0 Å². The van der Waals surface area contributed by atoms with Crippen LogP contribution in [0, 0.1) is 0 Å². The zero-order valence-electron chi connectivity index (χ0n) is 43.8. The van der Waals surface area contributed by atoms with E-state index in [2.05, 4.69) is 67.7 Å². The van der Waals surface area contributed by atoms with Gasteiger partial charge in [0, 0.05) is 49.7 Å². The molecule has 0 fully saturated rings. The summed E-state index contributed by atoms with van der Waals surface area (Å²) < 4.78 is 30.9. The van der Waals surface area contributed by atoms with Gasteiger partial charge in [-0.05, 0) is 129 Å². The zero-order valence-corrected chi connectivity index (χ0v) is 46.0. The maximum atomic E-state index is 12.8. The van der Waals surface area contributed by atoms with Crippen molar-refractivity contribution in [1.82, 2.24) is 10.2 Å². The molecule has 0 heterocycles. The molecular formula is C54H87IN2O12. The number of ether oxygens (including phenoxy) is 6. The van der Waals surface area contributed by atoms with E-state index in [-0.39, 0.29) is 36.1 Å². The number of unbranched alkanes of at least 4 members (excludes halogenated alkanes) is 8. The molecule has 0 unspecified atom stereocenters. The number of benzene rings is 2. The molecule has 0 spiro atoms. The van der Waals surface area contributed by atoms with Gasteiger partial charge in [-0.15, -0.1) is 0 Å². The Kier molecular flexibility index (Phi) is 36.8. The lowest BCUT2D eigenvalue weighted by atomic mass is 10.0. The van der Waals surface area contributed by atoms with Crippen molar-refractivity contribution >= 4 is 58.7 Å². The predicted molar refractivity (Wildman–Crippen MR) is 280 cm³/mol. The molecule has 15 heteroatoms. The van der Waals surface area contributed by atoms with Gasteiger partial charge in [0.05, 0.1) is 27.4 Å². The largest absolute Gasteiger partial charge is 0.469 e. The maximum Gasteiger partial charge on any atom is 0.410 e. The summed E-state index contributed by atoms with van der Waals surface area (Å²) in [6.07, 6.45) is 14.1. The number of alkyl carbamates (subject to hydrolysis) is 1. The van der Waals surface area contributed by atoms with E-state index in [1.54, 1.807) is 4.90 Å². The number of nitrogens with zero attached hydrogens (tertiary/aromatic N) is 1. The number of methoxy groups -OCH3 is 2. The van der Waals surface area contributed by atoms with Gasteiger partial charge in [-0.3, -0.25) is 19.2 Å². The number of carbonyl (C=O) groups excluding carboxylic acids is 6. The number of hydrogen-bond acceptors (Lipinski definition) is 12. The summed E-state index contributed by atoms with van der Waals surface area (Å²) in [6, 6.07) is 16.7. The Labute approximate surface area is 428 Å². The van der Waals surface area contributed by atoms with E-state index in [0.717, 1.165) is 105 Å². The lowest BCUT2D eigenvalue weighted by molar-refractivity contribution is -0.144. The van der Waals surface area contributed by atoms with Crippen LogP contribution in [0.25, 0.3) is 0 Å². The molecule has 69 heavy (non-hydrogen) atoms. The molecule has 0 bridgehead atoms. The van der Waals surface area contributed by atoms with Crippen molar-refractivity contribution in [3.63, 3.8) is 0 Å². The molecule has 1 N–H and O–H groups in total. The van der Waals surface area contributed by atoms with Crippen molar-refractivity contribution in [3.8, 4) is 0 Å². The standard InChI is InChI=1S/C27H43NO6.C14H27NO4.C13H17IO2/c1-6-33-25(30)18-13-15-22-14-12-16-23(20-22)21-28(26(31)34-27(2,3)4)19-11-9-7-8-10-17-24(29)32-5;1-14(2,3)19-13(17)15-11-9-7-5-6-8-10-12(16)18-4;1-2-16-13(15)8-4-6-11-5-3-7-12(9-11)10-14/h12,14,16,20H,6-11,13,15,17-19,21H2,1-5H3;5-11H2,1-4H3,(H,15,17);3,5,7,9H,2,4,6,8,10H2,1H3. The molecular weight excluding hydrogens is 995 g/mol. The Hall–Kier alpha value is -4.41. The van der Waals surface area contributed by atoms with E-state index in [1.807, 2.05) is 73.6 Å². The molecule has 0 aromatic heterocycles. The lowest BCUT2D eigenvalue weighted by Crippen LogP contribution is -2.37. The number of rotatable bonds is 29. The van der Waals surface area contributed by atoms with Crippen molar-refractivity contribution < 1.29 is 57.2 Å². The zero-order chi connectivity index (χ0) is 51.9. The topological polar surface area (TPSA) is 173 Å². The quantitative estimate of drug-likeness (QED) is 0.0269. The van der Waals surface area contributed by atoms with Gasteiger partial charge in [0.25, 0.3) is 0 Å². The van der Waals surface area contributed by atoms with Crippen LogP contribution in [0.5, 0.6) is 0 Å². The fraction of sp³-hybridized carbons (Fsp3) is 0.667. The second-order valence-electron chi connectivity index (χ2n) is 18.6. The number of alkyl halides is 1. The SMILES string of the molecule is CCOC(=O)CCCc1cccc(CI)c1.CCOC(=O)CCCc1cccc(CN(CCCCCCCC(=O)OC)C(=O)OC(C)(C)C)c1.COC(=O)CCCCCCCNC(=O)OC(C)(C)C. The van der Waals surface area contributed by atoms with Crippen LogP contribution in [0.3, 0.4) is 0 Å². The van der Waals surface area contributed by atoms with E-state index >= 15 is 0 Å². The Morgan fingerprint density at radius 1 is 0.536 bits per heavy atom. The van der Waals surface area contributed by atoms with Crippen LogP contribution in [0.1, 0.15) is 180 Å². The van der Waals surface area contributed by atoms with Gasteiger partial charge in [0.15, 0.2) is 0 Å². The minimum atomic E-state index is -0.557. The first-order valence-corrected chi connectivity index (χ1v) is 26.4. The second-order valence-corrected chi connectivity index (χ2v) is 19.4. The summed E-state index contributed by atoms with van der Waals surface area (Å²) in [4.78, 5) is 70.6. The number of amides is 2. The summed E-state index contributed by atoms with van der Waals surface area (Å²) in [5.74, 6) is -0.571. The van der Waals surface area contributed by atoms with E-state index in [1.165, 1.54) is 25.3 Å². The van der Waals surface area contributed by atoms with Crippen LogP contribution < -0.4 is 5.32 Å². The minimum absolute atomic E-state index is 0.0902. The molecule has 2 aromatic carbocycles. The molecule has 14 nitrogen and oxygen atoms in total. The maximum absolute atomic E-state index is 12.8. The van der Waals surface area contributed by atoms with E-state index in [9.17, 15) is 28.8 Å². The van der Waals surface area contributed by atoms with Crippen LogP contribution in [0.15, 0.2) is 48.5 Å². The monoisotopic (exact) mass is 1080 g/mol. The Morgan fingerprint density at radius 3 is 1.42 bits per heavy atom. The third-order valence-corrected chi connectivity index (χ3v) is 10.8. The summed E-state index contributed by atoms with van der Waals surface area (Å²) in [7, 11) is 2.82. The fourth-order valence-electron chi connectivity index (χ4n) is 6.61. The highest BCUT2D eigenvalue weighted by Gasteiger charge is 2.22. The third-order valence-electron chi connectivity index (χ3n) is 9.96. The molecule has 0 aliphatic heterocycles. The molecule has 0 aliphatic carbocycles. The summed E-state index contributed by atoms with van der Waals surface area (Å²) >= 11 is 2.36. The third kappa shape index (κ3) is 39.1. The molecule has 0 saturated carbocycles. The Balaban J connectivity index is 0.00000111. The van der Waals surface area contributed by atoms with Gasteiger partial charge in [0.2, 0.25) is 0 Å². The van der Waals surface area contributed by atoms with E-state index < -0.39 is 11.2 Å². The molecule has 0 atom stereocenters. The van der Waals surface area contributed by atoms with Crippen molar-refractivity contribution in [2.45, 2.75) is 193 Å². The molecule has 2 amide bonds. The van der Waals surface area contributed by atoms with Crippen molar-refractivity contribution in [1.29, 1.82) is 0 Å². The summed E-state index contributed by atoms with van der Waals surface area (Å²) in [6.45, 7) is 17.4. The highest BCUT2D eigenvalue weighted by Crippen LogP contribution is 2.18. The van der Waals surface area contributed by atoms with Crippen molar-refractivity contribution in [3.05, 3.63) is 70.8 Å². The second kappa shape index (κ2) is 39.3. The first-order chi connectivity index (χ1) is 32.7. The smallest absolute Gasteiger partial charge is 0.410 e. The molecule has 0 aliphatic rings. The van der Waals surface area contributed by atoms with Crippen LogP contribution in [0.4, 0.5) is 9.59 Å². The van der Waals surface area contributed by atoms with Crippen LogP contribution in [-0.4, -0.2) is 92.7 Å². The number of nitrogens with one attached hydrogen (secondary N) is 1. The average molecular weight is 1080 g/mol. The molecule has 0 saturated heterocycles. The van der Waals surface area contributed by atoms with E-state index in [4.69, 9.17) is 18.9 Å². The Bertz CT molecular complexity index is 1740. The van der Waals surface area contributed by atoms with Crippen molar-refractivity contribution in [2.75, 3.05) is 40.5 Å². The van der Waals surface area contributed by atoms with Gasteiger partial charge in [-0.25, -0.2) is 9.59 Å². The number of esters is 4. The number of halogens is 1. The first kappa shape index (κ1) is 64.6.